The number of carbonyl (C=O) groups excluding carboxylic acids is 1. The number of benzene rings is 3. The number of carbonyl (C=O) groups is 1. The molecule has 1 saturated heterocycles. The zero-order chi connectivity index (χ0) is 24.2. The molecule has 0 N–H and O–H groups in total. The van der Waals surface area contributed by atoms with Gasteiger partial charge in [-0.2, -0.15) is 0 Å². The van der Waals surface area contributed by atoms with E-state index in [0.29, 0.717) is 34.4 Å². The van der Waals surface area contributed by atoms with Crippen molar-refractivity contribution in [2.45, 2.75) is 0 Å². The van der Waals surface area contributed by atoms with E-state index >= 15 is 0 Å². The maximum Gasteiger partial charge on any atom is 0.254 e. The van der Waals surface area contributed by atoms with Crippen LogP contribution in [0.15, 0.2) is 84.9 Å². The number of hydrogen-bond acceptors (Lipinski definition) is 3. The number of hydrogen-bond donors (Lipinski definition) is 0. The van der Waals surface area contributed by atoms with Crippen LogP contribution in [0, 0.1) is 0 Å². The molecule has 0 aliphatic carbocycles. The third-order valence-electron chi connectivity index (χ3n) is 6.29. The van der Waals surface area contributed by atoms with Crippen molar-refractivity contribution in [2.24, 2.45) is 0 Å². The number of pyridine rings is 1. The predicted octanol–water partition coefficient (Wildman–Crippen LogP) is 6.68. The molecule has 1 amide bonds. The van der Waals surface area contributed by atoms with Gasteiger partial charge in [-0.1, -0.05) is 90.0 Å². The molecule has 1 aromatic heterocycles. The van der Waals surface area contributed by atoms with E-state index in [-0.39, 0.29) is 5.91 Å². The normalized spacial score (nSPS) is 14.6. The standard InChI is InChI=1S/C29H25Cl2N3O/c30-25-13-12-22(19-26(25)31)28-20-24(23-10-4-5-11-27(23)32-28)29(35)34-17-15-33(16-18-34)14-6-9-21-7-2-1-3-8-21/h1-13,19-20H,14-18H2/b9-6+. The minimum atomic E-state index is 0.0318. The van der Waals surface area contributed by atoms with E-state index in [0.717, 1.165) is 36.1 Å². The fourth-order valence-electron chi connectivity index (χ4n) is 4.36. The fraction of sp³-hybridized carbons (Fsp3) is 0.172. The van der Waals surface area contributed by atoms with E-state index in [9.17, 15) is 4.79 Å². The van der Waals surface area contributed by atoms with Crippen molar-refractivity contribution in [1.29, 1.82) is 0 Å². The van der Waals surface area contributed by atoms with E-state index in [4.69, 9.17) is 28.2 Å². The number of halogens is 2. The molecule has 1 aliphatic heterocycles. The summed E-state index contributed by atoms with van der Waals surface area (Å²) < 4.78 is 0. The van der Waals surface area contributed by atoms with Gasteiger partial charge >= 0.3 is 0 Å². The number of rotatable bonds is 5. The minimum absolute atomic E-state index is 0.0318. The van der Waals surface area contributed by atoms with Gasteiger partial charge < -0.3 is 4.90 Å². The summed E-state index contributed by atoms with van der Waals surface area (Å²) in [5.74, 6) is 0.0318. The summed E-state index contributed by atoms with van der Waals surface area (Å²) in [4.78, 5) is 22.7. The lowest BCUT2D eigenvalue weighted by atomic mass is 10.0. The molecule has 2 heterocycles. The van der Waals surface area contributed by atoms with Crippen LogP contribution < -0.4 is 0 Å². The topological polar surface area (TPSA) is 36.4 Å². The summed E-state index contributed by atoms with van der Waals surface area (Å²) in [6, 6.07) is 25.4. The van der Waals surface area contributed by atoms with Crippen molar-refractivity contribution in [3.05, 3.63) is 106 Å². The molecule has 6 heteroatoms. The highest BCUT2D eigenvalue weighted by molar-refractivity contribution is 6.42. The Labute approximate surface area is 215 Å². The molecule has 3 aromatic carbocycles. The molecule has 4 nitrogen and oxygen atoms in total. The van der Waals surface area contributed by atoms with Gasteiger partial charge in [0.1, 0.15) is 0 Å². The van der Waals surface area contributed by atoms with Crippen molar-refractivity contribution in [3.8, 4) is 11.3 Å². The molecular formula is C29H25Cl2N3O. The first-order valence-electron chi connectivity index (χ1n) is 11.7. The average Bonchev–Trinajstić information content (AvgIpc) is 2.90. The van der Waals surface area contributed by atoms with Crippen LogP contribution in [-0.4, -0.2) is 53.4 Å². The van der Waals surface area contributed by atoms with Gasteiger partial charge in [0, 0.05) is 43.7 Å². The largest absolute Gasteiger partial charge is 0.336 e. The van der Waals surface area contributed by atoms with E-state index in [1.54, 1.807) is 12.1 Å². The van der Waals surface area contributed by atoms with E-state index < -0.39 is 0 Å². The number of para-hydroxylation sites is 1. The Hall–Kier alpha value is -3.18. The second-order valence-electron chi connectivity index (χ2n) is 8.61. The second kappa shape index (κ2) is 10.6. The lowest BCUT2D eigenvalue weighted by Crippen LogP contribution is -2.48. The van der Waals surface area contributed by atoms with Crippen molar-refractivity contribution >= 4 is 46.1 Å². The van der Waals surface area contributed by atoms with Gasteiger partial charge in [-0.05, 0) is 29.8 Å². The molecule has 0 saturated carbocycles. The number of fused-ring (bicyclic) bond motifs is 1. The number of aromatic nitrogens is 1. The van der Waals surface area contributed by atoms with Crippen molar-refractivity contribution < 1.29 is 4.79 Å². The molecule has 0 atom stereocenters. The maximum atomic E-state index is 13.6. The van der Waals surface area contributed by atoms with Gasteiger partial charge in [-0.25, -0.2) is 4.98 Å². The Morgan fingerprint density at radius 3 is 2.37 bits per heavy atom. The Balaban J connectivity index is 1.33. The van der Waals surface area contributed by atoms with Crippen molar-refractivity contribution in [2.75, 3.05) is 32.7 Å². The van der Waals surface area contributed by atoms with Crippen LogP contribution >= 0.6 is 23.2 Å². The Bertz CT molecular complexity index is 1380. The molecule has 5 rings (SSSR count). The zero-order valence-corrected chi connectivity index (χ0v) is 20.7. The summed E-state index contributed by atoms with van der Waals surface area (Å²) >= 11 is 12.3. The summed E-state index contributed by atoms with van der Waals surface area (Å²) in [5.41, 5.74) is 4.17. The average molecular weight is 502 g/mol. The van der Waals surface area contributed by atoms with Crippen molar-refractivity contribution in [3.63, 3.8) is 0 Å². The molecule has 4 aromatic rings. The third kappa shape index (κ3) is 5.40. The van der Waals surface area contributed by atoms with Crippen LogP contribution in [0.25, 0.3) is 28.2 Å². The molecule has 35 heavy (non-hydrogen) atoms. The summed E-state index contributed by atoms with van der Waals surface area (Å²) in [7, 11) is 0. The molecule has 0 unspecified atom stereocenters. The molecule has 176 valence electrons. The minimum Gasteiger partial charge on any atom is -0.336 e. The molecule has 0 bridgehead atoms. The third-order valence-corrected chi connectivity index (χ3v) is 7.03. The van der Waals surface area contributed by atoms with Crippen LogP contribution in [0.3, 0.4) is 0 Å². The molecule has 1 aliphatic rings. The monoisotopic (exact) mass is 501 g/mol. The predicted molar refractivity (Wildman–Crippen MR) is 145 cm³/mol. The SMILES string of the molecule is O=C(c1cc(-c2ccc(Cl)c(Cl)c2)nc2ccccc12)N1CCN(C/C=C/c2ccccc2)CC1. The van der Waals surface area contributed by atoms with E-state index in [1.807, 2.05) is 59.5 Å². The van der Waals surface area contributed by atoms with Crippen molar-refractivity contribution in [1.82, 2.24) is 14.8 Å². The van der Waals surface area contributed by atoms with Gasteiger partial charge in [0.2, 0.25) is 0 Å². The van der Waals surface area contributed by atoms with Crippen LogP contribution in [0.1, 0.15) is 15.9 Å². The summed E-state index contributed by atoms with van der Waals surface area (Å²) in [6.45, 7) is 3.94. The highest BCUT2D eigenvalue weighted by atomic mass is 35.5. The molecule has 0 radical (unpaired) electrons. The Morgan fingerprint density at radius 2 is 1.60 bits per heavy atom. The number of nitrogens with zero attached hydrogens (tertiary/aromatic N) is 3. The quantitative estimate of drug-likeness (QED) is 0.306. The Kier molecular flexibility index (Phi) is 7.14. The smallest absolute Gasteiger partial charge is 0.254 e. The number of amides is 1. The van der Waals surface area contributed by atoms with Gasteiger partial charge in [-0.15, -0.1) is 0 Å². The number of piperazine rings is 1. The van der Waals surface area contributed by atoms with Crippen LogP contribution in [0.4, 0.5) is 0 Å². The summed E-state index contributed by atoms with van der Waals surface area (Å²) in [6.07, 6.45) is 4.33. The molecule has 0 spiro atoms. The van der Waals surface area contributed by atoms with Crippen LogP contribution in [0.5, 0.6) is 0 Å². The van der Waals surface area contributed by atoms with Crippen LogP contribution in [-0.2, 0) is 0 Å². The highest BCUT2D eigenvalue weighted by Gasteiger charge is 2.24. The fourth-order valence-corrected chi connectivity index (χ4v) is 4.66. The molecule has 1 fully saturated rings. The Morgan fingerprint density at radius 1 is 0.857 bits per heavy atom. The first-order valence-corrected chi connectivity index (χ1v) is 12.4. The van der Waals surface area contributed by atoms with Gasteiger partial charge in [0.05, 0.1) is 26.8 Å². The van der Waals surface area contributed by atoms with Crippen LogP contribution in [0.2, 0.25) is 10.0 Å². The van der Waals surface area contributed by atoms with Gasteiger partial charge in [0.25, 0.3) is 5.91 Å². The lowest BCUT2D eigenvalue weighted by molar-refractivity contribution is 0.0652. The second-order valence-corrected chi connectivity index (χ2v) is 9.42. The highest BCUT2D eigenvalue weighted by Crippen LogP contribution is 2.30. The zero-order valence-electron chi connectivity index (χ0n) is 19.2. The molecular weight excluding hydrogens is 477 g/mol. The van der Waals surface area contributed by atoms with E-state index in [2.05, 4.69) is 29.2 Å². The van der Waals surface area contributed by atoms with E-state index in [1.165, 1.54) is 5.56 Å². The lowest BCUT2D eigenvalue weighted by Gasteiger charge is -2.34. The first kappa shape index (κ1) is 23.6. The van der Waals surface area contributed by atoms with Gasteiger partial charge in [-0.3, -0.25) is 9.69 Å². The van der Waals surface area contributed by atoms with Gasteiger partial charge in [0.15, 0.2) is 0 Å². The summed E-state index contributed by atoms with van der Waals surface area (Å²) in [5, 5.41) is 1.81. The maximum absolute atomic E-state index is 13.6. The first-order chi connectivity index (χ1) is 17.1.